The maximum absolute atomic E-state index is 11.8. The van der Waals surface area contributed by atoms with Crippen molar-refractivity contribution in [3.63, 3.8) is 0 Å². The monoisotopic (exact) mass is 239 g/mol. The number of carbonyl (C=O) groups is 2. The molecule has 1 heterocycles. The molecule has 0 saturated carbocycles. The molecule has 0 saturated heterocycles. The predicted molar refractivity (Wildman–Crippen MR) is 62.9 cm³/mol. The molecule has 0 fully saturated rings. The summed E-state index contributed by atoms with van der Waals surface area (Å²) in [5.41, 5.74) is 0.237. The minimum absolute atomic E-state index is 0.00990. The number of hydrogen-bond acceptors (Lipinski definition) is 3. The number of carboxylic acid groups (broad SMARTS) is 1. The number of aryl methyl sites for hydroxylation is 1. The van der Waals surface area contributed by atoms with Crippen LogP contribution < -0.4 is 5.32 Å². The Morgan fingerprint density at radius 2 is 2.06 bits per heavy atom. The number of amides is 1. The van der Waals surface area contributed by atoms with Gasteiger partial charge in [-0.25, -0.2) is 4.79 Å². The third kappa shape index (κ3) is 2.83. The molecule has 0 spiro atoms. The summed E-state index contributed by atoms with van der Waals surface area (Å²) in [6.07, 6.45) is 2.81. The van der Waals surface area contributed by atoms with Gasteiger partial charge in [0.15, 0.2) is 5.69 Å². The Balaban J connectivity index is 2.89. The van der Waals surface area contributed by atoms with Gasteiger partial charge >= 0.3 is 5.97 Å². The van der Waals surface area contributed by atoms with Crippen LogP contribution in [0.3, 0.4) is 0 Å². The normalized spacial score (nSPS) is 10.6. The highest BCUT2D eigenvalue weighted by Crippen LogP contribution is 2.17. The van der Waals surface area contributed by atoms with E-state index in [1.807, 2.05) is 13.8 Å². The first kappa shape index (κ1) is 13.2. The summed E-state index contributed by atoms with van der Waals surface area (Å²) >= 11 is 0. The van der Waals surface area contributed by atoms with Crippen LogP contribution in [0.15, 0.2) is 6.20 Å². The fourth-order valence-corrected chi connectivity index (χ4v) is 1.68. The standard InChI is InChI=1S/C11H17N3O3/c1-4-7(5-2)10(15)13-8-6-12-14(3)9(8)11(16)17/h6-7H,4-5H2,1-3H3,(H,13,15)(H,16,17). The first-order valence-electron chi connectivity index (χ1n) is 5.57. The summed E-state index contributed by atoms with van der Waals surface area (Å²) in [6, 6.07) is 0. The number of nitrogens with zero attached hydrogens (tertiary/aromatic N) is 2. The first-order chi connectivity index (χ1) is 8.01. The van der Waals surface area contributed by atoms with Gasteiger partial charge in [-0.3, -0.25) is 9.48 Å². The van der Waals surface area contributed by atoms with Crippen LogP contribution in [0.5, 0.6) is 0 Å². The van der Waals surface area contributed by atoms with Gasteiger partial charge in [-0.05, 0) is 12.8 Å². The van der Waals surface area contributed by atoms with Crippen molar-refractivity contribution in [3.8, 4) is 0 Å². The molecule has 1 aromatic rings. The van der Waals surface area contributed by atoms with Gasteiger partial charge in [-0.2, -0.15) is 5.10 Å². The maximum atomic E-state index is 11.8. The van der Waals surface area contributed by atoms with E-state index in [0.29, 0.717) is 0 Å². The minimum atomic E-state index is -1.11. The number of aromatic nitrogens is 2. The average Bonchev–Trinajstić information content (AvgIpc) is 2.61. The molecule has 0 aliphatic rings. The number of anilines is 1. The smallest absolute Gasteiger partial charge is 0.356 e. The van der Waals surface area contributed by atoms with Crippen molar-refractivity contribution in [3.05, 3.63) is 11.9 Å². The summed E-state index contributed by atoms with van der Waals surface area (Å²) in [5.74, 6) is -1.37. The molecular formula is C11H17N3O3. The lowest BCUT2D eigenvalue weighted by atomic mass is 10.0. The van der Waals surface area contributed by atoms with E-state index in [9.17, 15) is 9.59 Å². The maximum Gasteiger partial charge on any atom is 0.356 e. The van der Waals surface area contributed by atoms with E-state index in [1.54, 1.807) is 0 Å². The summed E-state index contributed by atoms with van der Waals surface area (Å²) in [7, 11) is 1.52. The molecule has 94 valence electrons. The highest BCUT2D eigenvalue weighted by Gasteiger charge is 2.20. The molecular weight excluding hydrogens is 222 g/mol. The van der Waals surface area contributed by atoms with Crippen molar-refractivity contribution in [1.82, 2.24) is 9.78 Å². The summed E-state index contributed by atoms with van der Waals surface area (Å²) in [6.45, 7) is 3.85. The quantitative estimate of drug-likeness (QED) is 0.815. The van der Waals surface area contributed by atoms with Crippen LogP contribution in [-0.4, -0.2) is 26.8 Å². The Bertz CT molecular complexity index is 422. The molecule has 1 amide bonds. The number of carboxylic acids is 1. The lowest BCUT2D eigenvalue weighted by Gasteiger charge is -2.12. The zero-order chi connectivity index (χ0) is 13.0. The number of nitrogens with one attached hydrogen (secondary N) is 1. The van der Waals surface area contributed by atoms with Gasteiger partial charge in [0, 0.05) is 13.0 Å². The molecule has 1 aromatic heterocycles. The second-order valence-corrected chi connectivity index (χ2v) is 3.84. The number of hydrogen-bond donors (Lipinski definition) is 2. The summed E-state index contributed by atoms with van der Waals surface area (Å²) in [5, 5.41) is 15.4. The van der Waals surface area contributed by atoms with Crippen molar-refractivity contribution < 1.29 is 14.7 Å². The van der Waals surface area contributed by atoms with Crippen LogP contribution >= 0.6 is 0 Å². The van der Waals surface area contributed by atoms with Crippen molar-refractivity contribution in [1.29, 1.82) is 0 Å². The minimum Gasteiger partial charge on any atom is -0.476 e. The molecule has 6 heteroatoms. The Labute approximate surface area is 99.6 Å². The Kier molecular flexibility index (Phi) is 4.25. The van der Waals surface area contributed by atoms with E-state index < -0.39 is 5.97 Å². The van der Waals surface area contributed by atoms with Gasteiger partial charge in [0.2, 0.25) is 5.91 Å². The second kappa shape index (κ2) is 5.47. The van der Waals surface area contributed by atoms with Gasteiger partial charge in [0.1, 0.15) is 0 Å². The largest absolute Gasteiger partial charge is 0.476 e. The number of carbonyl (C=O) groups excluding carboxylic acids is 1. The SMILES string of the molecule is CCC(CC)C(=O)Nc1cnn(C)c1C(=O)O. The van der Waals surface area contributed by atoms with Crippen molar-refractivity contribution in [2.75, 3.05) is 5.32 Å². The van der Waals surface area contributed by atoms with Gasteiger partial charge in [-0.1, -0.05) is 13.8 Å². The van der Waals surface area contributed by atoms with E-state index in [4.69, 9.17) is 5.11 Å². The van der Waals surface area contributed by atoms with Gasteiger partial charge in [0.25, 0.3) is 0 Å². The molecule has 0 aliphatic heterocycles. The van der Waals surface area contributed by atoms with Crippen molar-refractivity contribution in [2.24, 2.45) is 13.0 Å². The molecule has 0 aliphatic carbocycles. The Morgan fingerprint density at radius 1 is 1.47 bits per heavy atom. The fraction of sp³-hybridized carbons (Fsp3) is 0.545. The molecule has 2 N–H and O–H groups in total. The van der Waals surface area contributed by atoms with Gasteiger partial charge < -0.3 is 10.4 Å². The van der Waals surface area contributed by atoms with Gasteiger partial charge in [0.05, 0.1) is 11.9 Å². The second-order valence-electron chi connectivity index (χ2n) is 3.84. The topological polar surface area (TPSA) is 84.2 Å². The van der Waals surface area contributed by atoms with E-state index >= 15 is 0 Å². The highest BCUT2D eigenvalue weighted by atomic mass is 16.4. The lowest BCUT2D eigenvalue weighted by Crippen LogP contribution is -2.22. The van der Waals surface area contributed by atoms with Crippen molar-refractivity contribution in [2.45, 2.75) is 26.7 Å². The van der Waals surface area contributed by atoms with Crippen LogP contribution in [0.4, 0.5) is 5.69 Å². The molecule has 0 aromatic carbocycles. The lowest BCUT2D eigenvalue weighted by molar-refractivity contribution is -0.120. The number of aromatic carboxylic acids is 1. The van der Waals surface area contributed by atoms with E-state index in [-0.39, 0.29) is 23.2 Å². The molecule has 0 radical (unpaired) electrons. The molecule has 0 atom stereocenters. The zero-order valence-corrected chi connectivity index (χ0v) is 10.2. The average molecular weight is 239 g/mol. The van der Waals surface area contributed by atoms with E-state index in [1.165, 1.54) is 17.9 Å². The third-order valence-corrected chi connectivity index (χ3v) is 2.76. The van der Waals surface area contributed by atoms with Crippen LogP contribution in [0.25, 0.3) is 0 Å². The van der Waals surface area contributed by atoms with Crippen molar-refractivity contribution >= 4 is 17.6 Å². The third-order valence-electron chi connectivity index (χ3n) is 2.76. The highest BCUT2D eigenvalue weighted by molar-refractivity contribution is 5.99. The molecule has 0 unspecified atom stereocenters. The number of rotatable bonds is 5. The van der Waals surface area contributed by atoms with Crippen LogP contribution in [0.2, 0.25) is 0 Å². The zero-order valence-electron chi connectivity index (χ0n) is 10.2. The van der Waals surface area contributed by atoms with Crippen LogP contribution in [0, 0.1) is 5.92 Å². The van der Waals surface area contributed by atoms with E-state index in [2.05, 4.69) is 10.4 Å². The molecule has 1 rings (SSSR count). The summed E-state index contributed by atoms with van der Waals surface area (Å²) in [4.78, 5) is 22.8. The molecule has 0 bridgehead atoms. The molecule has 6 nitrogen and oxygen atoms in total. The predicted octanol–water partition coefficient (Wildman–Crippen LogP) is 1.49. The van der Waals surface area contributed by atoms with Crippen LogP contribution in [-0.2, 0) is 11.8 Å². The van der Waals surface area contributed by atoms with Crippen LogP contribution in [0.1, 0.15) is 37.2 Å². The Morgan fingerprint density at radius 3 is 2.53 bits per heavy atom. The van der Waals surface area contributed by atoms with Gasteiger partial charge in [-0.15, -0.1) is 0 Å². The fourth-order valence-electron chi connectivity index (χ4n) is 1.68. The summed E-state index contributed by atoms with van der Waals surface area (Å²) < 4.78 is 1.23. The Hall–Kier alpha value is -1.85. The molecule has 17 heavy (non-hydrogen) atoms. The first-order valence-corrected chi connectivity index (χ1v) is 5.57. The van der Waals surface area contributed by atoms with E-state index in [0.717, 1.165) is 12.8 Å².